The minimum absolute atomic E-state index is 0.205. The van der Waals surface area contributed by atoms with E-state index in [0.717, 1.165) is 35.8 Å². The van der Waals surface area contributed by atoms with E-state index < -0.39 is 6.10 Å². The first kappa shape index (κ1) is 19.6. The van der Waals surface area contributed by atoms with E-state index in [1.54, 1.807) is 7.11 Å². The number of hydrogen-bond donors (Lipinski definition) is 2. The minimum atomic E-state index is -0.426. The van der Waals surface area contributed by atoms with Gasteiger partial charge in [-0.1, -0.05) is 48.5 Å². The van der Waals surface area contributed by atoms with E-state index in [-0.39, 0.29) is 12.0 Å². The fourth-order valence-electron chi connectivity index (χ4n) is 4.10. The Morgan fingerprint density at radius 1 is 1.10 bits per heavy atom. The van der Waals surface area contributed by atoms with Gasteiger partial charge in [0.1, 0.15) is 11.6 Å². The van der Waals surface area contributed by atoms with E-state index in [1.807, 2.05) is 47.1 Å². The van der Waals surface area contributed by atoms with Crippen molar-refractivity contribution in [3.05, 3.63) is 77.4 Å². The Morgan fingerprint density at radius 3 is 2.62 bits per heavy atom. The van der Waals surface area contributed by atoms with Crippen molar-refractivity contribution in [1.82, 2.24) is 14.8 Å². The summed E-state index contributed by atoms with van der Waals surface area (Å²) in [5.74, 6) is 2.79. The molecule has 0 unspecified atom stereocenters. The molecule has 1 aliphatic carbocycles. The van der Waals surface area contributed by atoms with E-state index in [0.29, 0.717) is 19.4 Å². The number of para-hydroxylation sites is 1. The van der Waals surface area contributed by atoms with Crippen LogP contribution in [0.1, 0.15) is 48.0 Å². The van der Waals surface area contributed by atoms with Crippen molar-refractivity contribution in [2.45, 2.75) is 50.3 Å². The largest absolute Gasteiger partial charge is 0.496 e. The van der Waals surface area contributed by atoms with Gasteiger partial charge in [0.25, 0.3) is 0 Å². The monoisotopic (exact) mass is 392 g/mol. The number of rotatable bonds is 6. The fraction of sp³-hybridized carbons (Fsp3) is 0.391. The quantitative estimate of drug-likeness (QED) is 0.674. The lowest BCUT2D eigenvalue weighted by Crippen LogP contribution is -2.40. The number of nitrogens with two attached hydrogens (primary N) is 1. The Bertz CT molecular complexity index is 941. The molecule has 3 atom stereocenters. The van der Waals surface area contributed by atoms with Crippen LogP contribution >= 0.6 is 0 Å². The molecule has 29 heavy (non-hydrogen) atoms. The number of hydrogen-bond acceptors (Lipinski definition) is 5. The van der Waals surface area contributed by atoms with Crippen LogP contribution in [0.3, 0.4) is 0 Å². The molecular formula is C23H28N4O2. The molecular weight excluding hydrogens is 364 g/mol. The van der Waals surface area contributed by atoms with Gasteiger partial charge in [0.15, 0.2) is 5.82 Å². The fourth-order valence-corrected chi connectivity index (χ4v) is 4.10. The summed E-state index contributed by atoms with van der Waals surface area (Å²) >= 11 is 0. The number of aromatic nitrogens is 3. The zero-order valence-corrected chi connectivity index (χ0v) is 16.7. The third kappa shape index (κ3) is 4.49. The number of aliphatic hydroxyl groups excluding tert-OH is 1. The van der Waals surface area contributed by atoms with Crippen molar-refractivity contribution < 1.29 is 9.84 Å². The van der Waals surface area contributed by atoms with Gasteiger partial charge >= 0.3 is 0 Å². The molecule has 6 heteroatoms. The molecule has 0 radical (unpaired) electrons. The molecule has 3 aromatic rings. The van der Waals surface area contributed by atoms with Crippen LogP contribution in [-0.2, 0) is 13.0 Å². The second kappa shape index (κ2) is 8.76. The molecule has 2 aromatic carbocycles. The van der Waals surface area contributed by atoms with Crippen LogP contribution in [0.25, 0.3) is 0 Å². The van der Waals surface area contributed by atoms with Crippen LogP contribution in [0.15, 0.2) is 54.6 Å². The van der Waals surface area contributed by atoms with E-state index in [1.165, 1.54) is 5.56 Å². The second-order valence-corrected chi connectivity index (χ2v) is 7.76. The van der Waals surface area contributed by atoms with Crippen LogP contribution in [0, 0.1) is 0 Å². The van der Waals surface area contributed by atoms with E-state index in [4.69, 9.17) is 20.6 Å². The van der Waals surface area contributed by atoms with E-state index in [9.17, 15) is 5.11 Å². The summed E-state index contributed by atoms with van der Waals surface area (Å²) in [5.41, 5.74) is 8.40. The van der Waals surface area contributed by atoms with Crippen molar-refractivity contribution in [3.8, 4) is 5.75 Å². The lowest BCUT2D eigenvalue weighted by Gasteiger charge is -2.30. The van der Waals surface area contributed by atoms with Gasteiger partial charge < -0.3 is 15.6 Å². The summed E-state index contributed by atoms with van der Waals surface area (Å²) in [6.07, 6.45) is 2.48. The first-order chi connectivity index (χ1) is 14.1. The van der Waals surface area contributed by atoms with Gasteiger partial charge in [0.05, 0.1) is 19.8 Å². The van der Waals surface area contributed by atoms with Crippen molar-refractivity contribution in [1.29, 1.82) is 0 Å². The predicted molar refractivity (Wildman–Crippen MR) is 112 cm³/mol. The first-order valence-corrected chi connectivity index (χ1v) is 10.2. The van der Waals surface area contributed by atoms with Crippen LogP contribution in [0.4, 0.5) is 0 Å². The molecule has 4 rings (SSSR count). The SMILES string of the molecule is COc1ccccc1Cc1nc([C@H]2CC[C@@H](O)[C@H](N)C2)n(Cc2ccccc2)n1. The highest BCUT2D eigenvalue weighted by Crippen LogP contribution is 2.32. The summed E-state index contributed by atoms with van der Waals surface area (Å²) in [5, 5.41) is 14.9. The Balaban J connectivity index is 1.64. The third-order valence-corrected chi connectivity index (χ3v) is 5.69. The summed E-state index contributed by atoms with van der Waals surface area (Å²) in [6.45, 7) is 0.670. The molecule has 0 amide bonds. The van der Waals surface area contributed by atoms with E-state index in [2.05, 4.69) is 12.1 Å². The summed E-state index contributed by atoms with van der Waals surface area (Å²) in [7, 11) is 1.68. The van der Waals surface area contributed by atoms with Gasteiger partial charge in [-0.3, -0.25) is 0 Å². The molecule has 3 N–H and O–H groups in total. The minimum Gasteiger partial charge on any atom is -0.496 e. The Kier molecular flexibility index (Phi) is 5.92. The van der Waals surface area contributed by atoms with E-state index >= 15 is 0 Å². The van der Waals surface area contributed by atoms with Crippen LogP contribution in [0.2, 0.25) is 0 Å². The van der Waals surface area contributed by atoms with Crippen LogP contribution < -0.4 is 10.5 Å². The van der Waals surface area contributed by atoms with Crippen molar-refractivity contribution in [2.24, 2.45) is 5.73 Å². The molecule has 152 valence electrons. The van der Waals surface area contributed by atoms with Crippen molar-refractivity contribution in [2.75, 3.05) is 7.11 Å². The van der Waals surface area contributed by atoms with Crippen molar-refractivity contribution in [3.63, 3.8) is 0 Å². The Labute approximate surface area is 171 Å². The third-order valence-electron chi connectivity index (χ3n) is 5.69. The van der Waals surface area contributed by atoms with Gasteiger partial charge in [-0.05, 0) is 30.9 Å². The molecule has 0 aliphatic heterocycles. The number of ether oxygens (including phenoxy) is 1. The van der Waals surface area contributed by atoms with Gasteiger partial charge in [0.2, 0.25) is 0 Å². The topological polar surface area (TPSA) is 86.2 Å². The zero-order chi connectivity index (χ0) is 20.2. The highest BCUT2D eigenvalue weighted by atomic mass is 16.5. The first-order valence-electron chi connectivity index (χ1n) is 10.2. The van der Waals surface area contributed by atoms with Gasteiger partial charge in [-0.25, -0.2) is 9.67 Å². The highest BCUT2D eigenvalue weighted by Gasteiger charge is 2.31. The normalized spacial score (nSPS) is 21.8. The van der Waals surface area contributed by atoms with Gasteiger partial charge in [-0.2, -0.15) is 5.10 Å². The molecule has 6 nitrogen and oxygen atoms in total. The Hall–Kier alpha value is -2.70. The lowest BCUT2D eigenvalue weighted by molar-refractivity contribution is 0.0985. The zero-order valence-electron chi connectivity index (χ0n) is 16.7. The van der Waals surface area contributed by atoms with Crippen LogP contribution in [-0.4, -0.2) is 39.1 Å². The highest BCUT2D eigenvalue weighted by molar-refractivity contribution is 5.35. The van der Waals surface area contributed by atoms with Crippen LogP contribution in [0.5, 0.6) is 5.75 Å². The molecule has 1 heterocycles. The molecule has 0 saturated heterocycles. The second-order valence-electron chi connectivity index (χ2n) is 7.76. The average molecular weight is 393 g/mol. The molecule has 0 bridgehead atoms. The number of methoxy groups -OCH3 is 1. The Morgan fingerprint density at radius 2 is 1.86 bits per heavy atom. The standard InChI is InChI=1S/C23H28N4O2/c1-29-21-10-6-5-9-17(21)14-22-25-23(18-11-12-20(28)19(24)13-18)27(26-22)15-16-7-3-2-4-8-16/h2-10,18-20,28H,11-15,24H2,1H3/t18-,19+,20+/m0/s1. The van der Waals surface area contributed by atoms with Gasteiger partial charge in [-0.15, -0.1) is 0 Å². The number of benzene rings is 2. The molecule has 1 fully saturated rings. The maximum Gasteiger partial charge on any atom is 0.155 e. The molecule has 1 saturated carbocycles. The number of nitrogens with zero attached hydrogens (tertiary/aromatic N) is 3. The lowest BCUT2D eigenvalue weighted by atomic mass is 9.83. The molecule has 1 aliphatic rings. The maximum absolute atomic E-state index is 10.0. The average Bonchev–Trinajstić information content (AvgIpc) is 3.13. The number of aliphatic hydroxyl groups is 1. The smallest absolute Gasteiger partial charge is 0.155 e. The van der Waals surface area contributed by atoms with Crippen molar-refractivity contribution >= 4 is 0 Å². The maximum atomic E-state index is 10.0. The molecule has 1 aromatic heterocycles. The summed E-state index contributed by atoms with van der Waals surface area (Å²) < 4.78 is 7.49. The summed E-state index contributed by atoms with van der Waals surface area (Å²) in [6, 6.07) is 18.0. The molecule has 0 spiro atoms. The van der Waals surface area contributed by atoms with Gasteiger partial charge in [0, 0.05) is 23.9 Å². The predicted octanol–water partition coefficient (Wildman–Crippen LogP) is 2.88. The summed E-state index contributed by atoms with van der Waals surface area (Å²) in [4.78, 5) is 4.92.